The van der Waals surface area contributed by atoms with Crippen LogP contribution in [-0.2, 0) is 5.60 Å². The molecule has 2 rings (SSSR count). The topological polar surface area (TPSA) is 32.3 Å². The molecule has 0 radical (unpaired) electrons. The average molecular weight is 255 g/mol. The maximum absolute atomic E-state index is 10.6. The fourth-order valence-corrected chi connectivity index (χ4v) is 2.38. The van der Waals surface area contributed by atoms with Crippen molar-refractivity contribution >= 4 is 5.69 Å². The van der Waals surface area contributed by atoms with Crippen molar-refractivity contribution in [1.82, 2.24) is 0 Å². The highest BCUT2D eigenvalue weighted by Gasteiger charge is 2.25. The number of aliphatic hydroxyl groups is 1. The van der Waals surface area contributed by atoms with E-state index >= 15 is 0 Å². The van der Waals surface area contributed by atoms with Crippen molar-refractivity contribution in [3.8, 4) is 0 Å². The summed E-state index contributed by atoms with van der Waals surface area (Å²) in [5.41, 5.74) is 1.22. The van der Waals surface area contributed by atoms with Crippen LogP contribution >= 0.6 is 0 Å². The van der Waals surface area contributed by atoms with Gasteiger partial charge in [0.05, 0.1) is 5.60 Å². The standard InChI is InChI=1S/C17H21NO/c1-14(18-16-11-7-4-8-12-16)13-17(2,19)15-9-5-3-6-10-15/h3-12,14,18-19H,13H2,1-2H3. The minimum Gasteiger partial charge on any atom is -0.385 e. The summed E-state index contributed by atoms with van der Waals surface area (Å²) in [6.45, 7) is 3.95. The van der Waals surface area contributed by atoms with Crippen molar-refractivity contribution in [3.05, 3.63) is 66.2 Å². The molecule has 2 N–H and O–H groups in total. The second-order valence-electron chi connectivity index (χ2n) is 5.26. The highest BCUT2D eigenvalue weighted by Crippen LogP contribution is 2.26. The van der Waals surface area contributed by atoms with Crippen molar-refractivity contribution in [2.24, 2.45) is 0 Å². The van der Waals surface area contributed by atoms with Crippen molar-refractivity contribution in [2.75, 3.05) is 5.32 Å². The smallest absolute Gasteiger partial charge is 0.0887 e. The molecule has 100 valence electrons. The van der Waals surface area contributed by atoms with Crippen LogP contribution in [0, 0.1) is 0 Å². The summed E-state index contributed by atoms with van der Waals surface area (Å²) in [5, 5.41) is 14.0. The van der Waals surface area contributed by atoms with Crippen LogP contribution in [0.2, 0.25) is 0 Å². The predicted octanol–water partition coefficient (Wildman–Crippen LogP) is 3.78. The molecule has 0 fully saturated rings. The van der Waals surface area contributed by atoms with Crippen LogP contribution < -0.4 is 5.32 Å². The van der Waals surface area contributed by atoms with Crippen LogP contribution in [0.25, 0.3) is 0 Å². The minimum atomic E-state index is -0.817. The van der Waals surface area contributed by atoms with E-state index in [2.05, 4.69) is 12.2 Å². The van der Waals surface area contributed by atoms with Crippen molar-refractivity contribution in [3.63, 3.8) is 0 Å². The molecule has 0 saturated heterocycles. The van der Waals surface area contributed by atoms with Gasteiger partial charge in [0.1, 0.15) is 0 Å². The number of benzene rings is 2. The average Bonchev–Trinajstić information content (AvgIpc) is 2.40. The molecule has 2 unspecified atom stereocenters. The summed E-state index contributed by atoms with van der Waals surface area (Å²) in [6.07, 6.45) is 0.659. The van der Waals surface area contributed by atoms with E-state index in [4.69, 9.17) is 0 Å². The predicted molar refractivity (Wildman–Crippen MR) is 80.2 cm³/mol. The first-order chi connectivity index (χ1) is 9.08. The zero-order valence-corrected chi connectivity index (χ0v) is 11.5. The van der Waals surface area contributed by atoms with Gasteiger partial charge in [-0.1, -0.05) is 48.5 Å². The Balaban J connectivity index is 2.00. The number of hydrogen-bond acceptors (Lipinski definition) is 2. The number of rotatable bonds is 5. The summed E-state index contributed by atoms with van der Waals surface area (Å²) >= 11 is 0. The lowest BCUT2D eigenvalue weighted by Gasteiger charge is -2.28. The molecule has 0 aliphatic heterocycles. The van der Waals surface area contributed by atoms with Crippen LogP contribution in [0.3, 0.4) is 0 Å². The Labute approximate surface area is 115 Å². The highest BCUT2D eigenvalue weighted by molar-refractivity contribution is 5.43. The van der Waals surface area contributed by atoms with Gasteiger partial charge >= 0.3 is 0 Å². The first-order valence-electron chi connectivity index (χ1n) is 6.67. The molecule has 2 nitrogen and oxygen atoms in total. The van der Waals surface area contributed by atoms with Crippen LogP contribution in [0.4, 0.5) is 5.69 Å². The molecule has 0 bridgehead atoms. The van der Waals surface area contributed by atoms with Crippen molar-refractivity contribution < 1.29 is 5.11 Å². The second-order valence-corrected chi connectivity index (χ2v) is 5.26. The largest absolute Gasteiger partial charge is 0.385 e. The molecule has 0 aromatic heterocycles. The fraction of sp³-hybridized carbons (Fsp3) is 0.294. The molecule has 2 heteroatoms. The Morgan fingerprint density at radius 1 is 1.00 bits per heavy atom. The first-order valence-corrected chi connectivity index (χ1v) is 6.67. The number of hydrogen-bond donors (Lipinski definition) is 2. The Hall–Kier alpha value is -1.80. The number of anilines is 1. The summed E-state index contributed by atoms with van der Waals surface area (Å²) in [4.78, 5) is 0. The van der Waals surface area contributed by atoms with Gasteiger partial charge in [0.15, 0.2) is 0 Å². The van der Waals surface area contributed by atoms with Gasteiger partial charge in [0, 0.05) is 11.7 Å². The van der Waals surface area contributed by atoms with Gasteiger partial charge in [-0.3, -0.25) is 0 Å². The highest BCUT2D eigenvalue weighted by atomic mass is 16.3. The van der Waals surface area contributed by atoms with Crippen LogP contribution in [0.1, 0.15) is 25.8 Å². The normalized spacial score (nSPS) is 15.5. The van der Waals surface area contributed by atoms with Gasteiger partial charge in [-0.25, -0.2) is 0 Å². The monoisotopic (exact) mass is 255 g/mol. The zero-order chi connectivity index (χ0) is 13.7. The lowest BCUT2D eigenvalue weighted by Crippen LogP contribution is -2.30. The van der Waals surface area contributed by atoms with Crippen molar-refractivity contribution in [1.29, 1.82) is 0 Å². The zero-order valence-electron chi connectivity index (χ0n) is 11.5. The van der Waals surface area contributed by atoms with E-state index in [9.17, 15) is 5.11 Å². The summed E-state index contributed by atoms with van der Waals surface area (Å²) in [7, 11) is 0. The molecule has 0 amide bonds. The third-order valence-corrected chi connectivity index (χ3v) is 3.29. The first kappa shape index (κ1) is 13.6. The van der Waals surface area contributed by atoms with E-state index in [1.54, 1.807) is 0 Å². The molecule has 0 spiro atoms. The molecule has 2 aromatic rings. The summed E-state index contributed by atoms with van der Waals surface area (Å²) in [6, 6.07) is 20.1. The van der Waals surface area contributed by atoms with Crippen LogP contribution in [0.15, 0.2) is 60.7 Å². The van der Waals surface area contributed by atoms with Gasteiger partial charge in [-0.15, -0.1) is 0 Å². The maximum atomic E-state index is 10.6. The van der Waals surface area contributed by atoms with E-state index in [1.807, 2.05) is 67.6 Å². The van der Waals surface area contributed by atoms with Gasteiger partial charge in [0.25, 0.3) is 0 Å². The second kappa shape index (κ2) is 5.89. The van der Waals surface area contributed by atoms with E-state index in [0.717, 1.165) is 11.3 Å². The lowest BCUT2D eigenvalue weighted by atomic mass is 9.89. The Kier molecular flexibility index (Phi) is 4.23. The minimum absolute atomic E-state index is 0.192. The third kappa shape index (κ3) is 3.83. The fourth-order valence-electron chi connectivity index (χ4n) is 2.38. The molecular formula is C17H21NO. The summed E-state index contributed by atoms with van der Waals surface area (Å²) < 4.78 is 0. The molecular weight excluding hydrogens is 234 g/mol. The van der Waals surface area contributed by atoms with E-state index in [0.29, 0.717) is 6.42 Å². The molecule has 0 aliphatic rings. The van der Waals surface area contributed by atoms with Crippen molar-refractivity contribution in [2.45, 2.75) is 31.9 Å². The Morgan fingerprint density at radius 3 is 2.11 bits per heavy atom. The lowest BCUT2D eigenvalue weighted by molar-refractivity contribution is 0.0441. The van der Waals surface area contributed by atoms with E-state index in [1.165, 1.54) is 0 Å². The molecule has 0 saturated carbocycles. The SMILES string of the molecule is CC(CC(C)(O)c1ccccc1)Nc1ccccc1. The maximum Gasteiger partial charge on any atom is 0.0887 e. The van der Waals surface area contributed by atoms with E-state index < -0.39 is 5.60 Å². The van der Waals surface area contributed by atoms with Gasteiger partial charge in [-0.2, -0.15) is 0 Å². The molecule has 2 atom stereocenters. The van der Waals surface area contributed by atoms with Gasteiger partial charge in [-0.05, 0) is 38.0 Å². The number of nitrogens with one attached hydrogen (secondary N) is 1. The molecule has 19 heavy (non-hydrogen) atoms. The van der Waals surface area contributed by atoms with E-state index in [-0.39, 0.29) is 6.04 Å². The molecule has 0 aliphatic carbocycles. The Morgan fingerprint density at radius 2 is 1.53 bits per heavy atom. The Bertz CT molecular complexity index is 493. The summed E-state index contributed by atoms with van der Waals surface area (Å²) in [5.74, 6) is 0. The van der Waals surface area contributed by atoms with Gasteiger partial charge in [0.2, 0.25) is 0 Å². The number of para-hydroxylation sites is 1. The quantitative estimate of drug-likeness (QED) is 0.852. The molecule has 2 aromatic carbocycles. The van der Waals surface area contributed by atoms with Gasteiger partial charge < -0.3 is 10.4 Å². The molecule has 0 heterocycles. The van der Waals surface area contributed by atoms with Crippen LogP contribution in [-0.4, -0.2) is 11.1 Å². The third-order valence-electron chi connectivity index (χ3n) is 3.29. The van der Waals surface area contributed by atoms with Crippen LogP contribution in [0.5, 0.6) is 0 Å².